The van der Waals surface area contributed by atoms with E-state index in [1.54, 1.807) is 0 Å². The van der Waals surface area contributed by atoms with Crippen LogP contribution in [0.15, 0.2) is 60.8 Å². The van der Waals surface area contributed by atoms with Crippen LogP contribution in [0.3, 0.4) is 0 Å². The van der Waals surface area contributed by atoms with Gasteiger partial charge in [-0.2, -0.15) is 0 Å². The molecular formula is C66H123N2O7P. The Morgan fingerprint density at radius 1 is 0.474 bits per heavy atom. The average molecular weight is 1090 g/mol. The number of carbonyl (C=O) groups is 2. The van der Waals surface area contributed by atoms with Gasteiger partial charge in [0.25, 0.3) is 7.82 Å². The highest BCUT2D eigenvalue weighted by Crippen LogP contribution is 2.38. The topological polar surface area (TPSA) is 114 Å². The Bertz CT molecular complexity index is 1490. The lowest BCUT2D eigenvalue weighted by Gasteiger charge is -2.30. The lowest BCUT2D eigenvalue weighted by atomic mass is 10.0. The molecule has 0 spiro atoms. The van der Waals surface area contributed by atoms with E-state index >= 15 is 0 Å². The van der Waals surface area contributed by atoms with Crippen molar-refractivity contribution in [2.24, 2.45) is 0 Å². The van der Waals surface area contributed by atoms with Crippen LogP contribution in [0.1, 0.15) is 297 Å². The van der Waals surface area contributed by atoms with Gasteiger partial charge in [0.1, 0.15) is 19.3 Å². The minimum atomic E-state index is -4.71. The van der Waals surface area contributed by atoms with E-state index in [0.717, 1.165) is 70.6 Å². The van der Waals surface area contributed by atoms with Gasteiger partial charge in [-0.3, -0.25) is 14.2 Å². The monoisotopic (exact) mass is 1090 g/mol. The number of likely N-dealkylation sites (N-methyl/N-ethyl adjacent to an activating group) is 1. The second kappa shape index (κ2) is 56.0. The van der Waals surface area contributed by atoms with Crippen molar-refractivity contribution < 1.29 is 37.3 Å². The summed E-state index contributed by atoms with van der Waals surface area (Å²) in [4.78, 5) is 40.0. The zero-order chi connectivity index (χ0) is 55.7. The number of amides is 1. The number of carbonyl (C=O) groups excluding carboxylic acids is 2. The van der Waals surface area contributed by atoms with E-state index in [0.29, 0.717) is 17.4 Å². The van der Waals surface area contributed by atoms with Gasteiger partial charge in [-0.1, -0.05) is 255 Å². The number of unbranched alkanes of at least 4 members (excludes halogenated alkanes) is 35. The second-order valence-electron chi connectivity index (χ2n) is 22.9. The summed E-state index contributed by atoms with van der Waals surface area (Å²) in [6.07, 6.45) is 70.4. The second-order valence-corrected chi connectivity index (χ2v) is 24.3. The van der Waals surface area contributed by atoms with Gasteiger partial charge in [0.05, 0.1) is 33.8 Å². The number of allylic oxidation sites excluding steroid dienone is 9. The number of nitrogens with zero attached hydrogens (tertiary/aromatic N) is 1. The summed E-state index contributed by atoms with van der Waals surface area (Å²) >= 11 is 0. The molecule has 1 amide bonds. The lowest BCUT2D eigenvalue weighted by Crippen LogP contribution is -2.47. The predicted molar refractivity (Wildman–Crippen MR) is 325 cm³/mol. The number of phosphoric acid groups is 1. The molecule has 76 heavy (non-hydrogen) atoms. The minimum absolute atomic E-state index is 0.0282. The Balaban J connectivity index is 5.27. The molecule has 0 fully saturated rings. The quantitative estimate of drug-likeness (QED) is 0.0161. The fraction of sp³-hybridized carbons (Fsp3) is 0.818. The molecule has 0 radical (unpaired) electrons. The zero-order valence-corrected chi connectivity index (χ0v) is 51.6. The van der Waals surface area contributed by atoms with E-state index in [4.69, 9.17) is 13.8 Å². The number of hydrogen-bond acceptors (Lipinski definition) is 7. The van der Waals surface area contributed by atoms with Crippen molar-refractivity contribution in [1.82, 2.24) is 5.32 Å². The zero-order valence-electron chi connectivity index (χ0n) is 50.7. The predicted octanol–water partition coefficient (Wildman–Crippen LogP) is 19.2. The van der Waals surface area contributed by atoms with Crippen molar-refractivity contribution in [3.63, 3.8) is 0 Å². The van der Waals surface area contributed by atoms with Gasteiger partial charge in [0.15, 0.2) is 0 Å². The summed E-state index contributed by atoms with van der Waals surface area (Å²) < 4.78 is 30.3. The fourth-order valence-electron chi connectivity index (χ4n) is 9.19. The van der Waals surface area contributed by atoms with Crippen LogP contribution in [-0.4, -0.2) is 69.4 Å². The Labute approximate surface area is 471 Å². The number of nitrogens with one attached hydrogen (secondary N) is 1. The molecule has 3 atom stereocenters. The number of hydrogen-bond donors (Lipinski definition) is 1. The molecule has 10 heteroatoms. The van der Waals surface area contributed by atoms with E-state index < -0.39 is 26.6 Å². The molecule has 0 saturated carbocycles. The minimum Gasteiger partial charge on any atom is -0.756 e. The molecule has 9 nitrogen and oxygen atoms in total. The molecule has 0 bridgehead atoms. The molecule has 444 valence electrons. The molecular weight excluding hydrogens is 964 g/mol. The van der Waals surface area contributed by atoms with Crippen molar-refractivity contribution in [3.05, 3.63) is 60.8 Å². The molecule has 0 rings (SSSR count). The highest BCUT2D eigenvalue weighted by Gasteiger charge is 2.27. The van der Waals surface area contributed by atoms with Crippen molar-refractivity contribution >= 4 is 19.7 Å². The van der Waals surface area contributed by atoms with Gasteiger partial charge >= 0.3 is 5.97 Å². The van der Waals surface area contributed by atoms with Crippen molar-refractivity contribution in [3.8, 4) is 0 Å². The van der Waals surface area contributed by atoms with E-state index in [1.165, 1.54) is 186 Å². The molecule has 0 aliphatic rings. The molecule has 0 saturated heterocycles. The normalized spacial score (nSPS) is 14.0. The lowest BCUT2D eigenvalue weighted by molar-refractivity contribution is -0.870. The molecule has 0 heterocycles. The molecule has 0 aromatic rings. The van der Waals surface area contributed by atoms with Crippen molar-refractivity contribution in [1.29, 1.82) is 0 Å². The Kier molecular flexibility index (Phi) is 54.3. The Hall–Kier alpha value is -2.29. The maximum atomic E-state index is 13.5. The van der Waals surface area contributed by atoms with Crippen molar-refractivity contribution in [2.75, 3.05) is 40.9 Å². The Morgan fingerprint density at radius 3 is 1.30 bits per heavy atom. The van der Waals surface area contributed by atoms with Crippen LogP contribution >= 0.6 is 7.82 Å². The van der Waals surface area contributed by atoms with Crippen LogP contribution in [0.2, 0.25) is 0 Å². The average Bonchev–Trinajstić information content (AvgIpc) is 3.38. The maximum Gasteiger partial charge on any atom is 0.306 e. The van der Waals surface area contributed by atoms with Crippen LogP contribution in [0.4, 0.5) is 0 Å². The summed E-state index contributed by atoms with van der Waals surface area (Å²) in [7, 11) is 1.17. The van der Waals surface area contributed by atoms with Crippen molar-refractivity contribution in [2.45, 2.75) is 309 Å². The van der Waals surface area contributed by atoms with Gasteiger partial charge in [-0.05, 0) is 89.5 Å². The number of ether oxygens (including phenoxy) is 1. The molecule has 0 aromatic carbocycles. The summed E-state index contributed by atoms with van der Waals surface area (Å²) in [5.41, 5.74) is 0. The first-order valence-corrected chi connectivity index (χ1v) is 33.6. The van der Waals surface area contributed by atoms with E-state index in [1.807, 2.05) is 33.3 Å². The SMILES string of the molecule is CCCCC/C=C\C/C=C\CCCCCCCCCCCCCC(=O)OC(/C=C/CCCCCCCCCCCCC)C(COP(=O)([O-])OCC[N+](C)(C)C)NC(=O)CCCCC/C=C/C=C/CCCCCCCCC. The summed E-state index contributed by atoms with van der Waals surface area (Å²) in [6.45, 7) is 6.81. The smallest absolute Gasteiger partial charge is 0.306 e. The number of rotatable bonds is 58. The third kappa shape index (κ3) is 56.4. The third-order valence-electron chi connectivity index (χ3n) is 14.2. The van der Waals surface area contributed by atoms with Crippen LogP contribution in [0, 0.1) is 0 Å². The molecule has 3 unspecified atom stereocenters. The number of phosphoric ester groups is 1. The van der Waals surface area contributed by atoms with Crippen LogP contribution in [-0.2, 0) is 27.9 Å². The van der Waals surface area contributed by atoms with Gasteiger partial charge < -0.3 is 28.5 Å². The molecule has 0 aliphatic heterocycles. The summed E-state index contributed by atoms with van der Waals surface area (Å²) in [5, 5.41) is 3.02. The first-order chi connectivity index (χ1) is 36.9. The highest BCUT2D eigenvalue weighted by molar-refractivity contribution is 7.45. The third-order valence-corrected chi connectivity index (χ3v) is 15.2. The van der Waals surface area contributed by atoms with Crippen LogP contribution in [0.25, 0.3) is 0 Å². The fourth-order valence-corrected chi connectivity index (χ4v) is 9.91. The standard InChI is InChI=1S/C66H123N2O7P/c1-7-10-13-16-19-22-25-28-30-32-33-34-35-36-38-41-44-47-50-53-56-59-66(70)75-64(57-54-51-48-45-42-39-27-24-21-18-15-12-9-3)63(62-74-76(71,72)73-61-60-68(4,5)6)67-65(69)58-55-52-49-46-43-40-37-31-29-26-23-20-17-14-11-8-2/h19,22,28,30-31,37,40,43,54,57,63-64H,7-18,20-21,23-27,29,32-36,38-39,41-42,44-53,55-56,58-62H2,1-6H3,(H-,67,69,71,72)/b22-19-,30-28-,37-31+,43-40+,57-54+. The molecule has 0 aliphatic carbocycles. The van der Waals surface area contributed by atoms with Crippen LogP contribution in [0.5, 0.6) is 0 Å². The van der Waals surface area contributed by atoms with Gasteiger partial charge in [0.2, 0.25) is 5.91 Å². The summed E-state index contributed by atoms with van der Waals surface area (Å²) in [6, 6.07) is -0.903. The van der Waals surface area contributed by atoms with E-state index in [2.05, 4.69) is 74.7 Å². The van der Waals surface area contributed by atoms with Gasteiger partial charge in [0, 0.05) is 12.8 Å². The highest BCUT2D eigenvalue weighted by atomic mass is 31.2. The van der Waals surface area contributed by atoms with E-state index in [9.17, 15) is 19.0 Å². The number of esters is 1. The van der Waals surface area contributed by atoms with Gasteiger partial charge in [-0.15, -0.1) is 0 Å². The van der Waals surface area contributed by atoms with Gasteiger partial charge in [-0.25, -0.2) is 0 Å². The molecule has 0 aromatic heterocycles. The first kappa shape index (κ1) is 73.7. The first-order valence-electron chi connectivity index (χ1n) is 32.1. The summed E-state index contributed by atoms with van der Waals surface area (Å²) in [5.74, 6) is -0.567. The largest absolute Gasteiger partial charge is 0.756 e. The Morgan fingerprint density at radius 2 is 0.842 bits per heavy atom. The number of quaternary nitrogens is 1. The molecule has 1 N–H and O–H groups in total. The van der Waals surface area contributed by atoms with E-state index in [-0.39, 0.29) is 31.3 Å². The maximum absolute atomic E-state index is 13.5. The van der Waals surface area contributed by atoms with Crippen LogP contribution < -0.4 is 10.2 Å².